The van der Waals surface area contributed by atoms with Crippen LogP contribution in [0.25, 0.3) is 10.1 Å². The molecule has 10 heteroatoms. The van der Waals surface area contributed by atoms with Crippen molar-refractivity contribution < 1.29 is 14.3 Å². The molecule has 6 nitrogen and oxygen atoms in total. The van der Waals surface area contributed by atoms with Gasteiger partial charge in [-0.05, 0) is 61.5 Å². The zero-order chi connectivity index (χ0) is 24.2. The monoisotopic (exact) mass is 535 g/mol. The van der Waals surface area contributed by atoms with Crippen LogP contribution >= 0.6 is 46.8 Å². The van der Waals surface area contributed by atoms with E-state index in [9.17, 15) is 9.59 Å². The molecule has 1 fully saturated rings. The van der Waals surface area contributed by atoms with Crippen molar-refractivity contribution in [2.75, 3.05) is 12.4 Å². The zero-order valence-corrected chi connectivity index (χ0v) is 21.5. The lowest BCUT2D eigenvalue weighted by Gasteiger charge is -2.23. The Morgan fingerprint density at radius 3 is 2.56 bits per heavy atom. The number of hydrogen-bond acceptors (Lipinski definition) is 5. The fourth-order valence-electron chi connectivity index (χ4n) is 3.93. The Hall–Kier alpha value is -2.39. The minimum Gasteiger partial charge on any atom is -0.497 e. The summed E-state index contributed by atoms with van der Waals surface area (Å²) < 4.78 is 6.07. The van der Waals surface area contributed by atoms with E-state index in [4.69, 9.17) is 40.2 Å². The average Bonchev–Trinajstić information content (AvgIpc) is 3.16. The van der Waals surface area contributed by atoms with Crippen LogP contribution in [0.3, 0.4) is 0 Å². The molecule has 0 radical (unpaired) electrons. The maximum absolute atomic E-state index is 12.8. The second-order valence-electron chi connectivity index (χ2n) is 8.02. The van der Waals surface area contributed by atoms with Crippen molar-refractivity contribution in [3.8, 4) is 5.75 Å². The third-order valence-corrected chi connectivity index (χ3v) is 7.87. The molecule has 1 aromatic heterocycles. The van der Waals surface area contributed by atoms with Crippen molar-refractivity contribution in [3.05, 3.63) is 56.9 Å². The van der Waals surface area contributed by atoms with Gasteiger partial charge in [-0.3, -0.25) is 14.9 Å². The summed E-state index contributed by atoms with van der Waals surface area (Å²) in [6, 6.07) is 10.5. The standard InChI is InChI=1S/C24H23Cl2N3O3S2/c1-32-15-8-9-16-19(12-15)34-21(20(16)26)23(31)29-24(33)28-14-7-10-18(25)17(11-14)22(30)27-13-5-3-2-4-6-13/h7-13H,2-6H2,1H3,(H,27,30)(H2,28,29,31,33). The SMILES string of the molecule is COc1ccc2c(Cl)c(C(=O)NC(=S)Nc3ccc(Cl)c(C(=O)NC4CCCCC4)c3)sc2c1. The molecule has 3 aromatic rings. The number of halogens is 2. The van der Waals surface area contributed by atoms with Gasteiger partial charge >= 0.3 is 0 Å². The van der Waals surface area contributed by atoms with Gasteiger partial charge in [0.2, 0.25) is 0 Å². The number of methoxy groups -OCH3 is 1. The molecule has 3 N–H and O–H groups in total. The predicted molar refractivity (Wildman–Crippen MR) is 143 cm³/mol. The highest BCUT2D eigenvalue weighted by Crippen LogP contribution is 2.37. The van der Waals surface area contributed by atoms with Gasteiger partial charge in [0.05, 0.1) is 22.7 Å². The normalized spacial score (nSPS) is 14.0. The van der Waals surface area contributed by atoms with E-state index < -0.39 is 5.91 Å². The number of rotatable bonds is 5. The van der Waals surface area contributed by atoms with Crippen LogP contribution in [0, 0.1) is 0 Å². The largest absolute Gasteiger partial charge is 0.497 e. The van der Waals surface area contributed by atoms with E-state index in [1.165, 1.54) is 17.8 Å². The van der Waals surface area contributed by atoms with Gasteiger partial charge in [-0.25, -0.2) is 0 Å². The van der Waals surface area contributed by atoms with E-state index >= 15 is 0 Å². The van der Waals surface area contributed by atoms with E-state index in [0.717, 1.165) is 35.8 Å². The quantitative estimate of drug-likeness (QED) is 0.329. The first-order valence-electron chi connectivity index (χ1n) is 10.8. The van der Waals surface area contributed by atoms with Gasteiger partial charge in [0.15, 0.2) is 5.11 Å². The Labute approximate surface area is 217 Å². The summed E-state index contributed by atoms with van der Waals surface area (Å²) in [4.78, 5) is 25.9. The number of carbonyl (C=O) groups excluding carboxylic acids is 2. The van der Waals surface area contributed by atoms with E-state index in [1.54, 1.807) is 31.4 Å². The minimum atomic E-state index is -0.424. The molecule has 0 aliphatic heterocycles. The van der Waals surface area contributed by atoms with E-state index in [1.807, 2.05) is 12.1 Å². The van der Waals surface area contributed by atoms with Crippen molar-refractivity contribution in [3.63, 3.8) is 0 Å². The molecule has 0 bridgehead atoms. The molecule has 2 amide bonds. The van der Waals surface area contributed by atoms with Crippen molar-refractivity contribution in [1.82, 2.24) is 10.6 Å². The zero-order valence-electron chi connectivity index (χ0n) is 18.4. The first kappa shape index (κ1) is 24.7. The fraction of sp³-hybridized carbons (Fsp3) is 0.292. The highest BCUT2D eigenvalue weighted by molar-refractivity contribution is 7.80. The topological polar surface area (TPSA) is 79.5 Å². The third-order valence-electron chi connectivity index (χ3n) is 5.68. The number of carbonyl (C=O) groups is 2. The lowest BCUT2D eigenvalue weighted by molar-refractivity contribution is 0.0926. The lowest BCUT2D eigenvalue weighted by atomic mass is 9.95. The van der Waals surface area contributed by atoms with E-state index in [0.29, 0.717) is 31.9 Å². The molecular weight excluding hydrogens is 513 g/mol. The first-order valence-corrected chi connectivity index (χ1v) is 12.8. The van der Waals surface area contributed by atoms with Crippen LogP contribution in [0.15, 0.2) is 36.4 Å². The van der Waals surface area contributed by atoms with Crippen molar-refractivity contribution in [2.45, 2.75) is 38.1 Å². The minimum absolute atomic E-state index is 0.0806. The Bertz CT molecular complexity index is 1260. The van der Waals surface area contributed by atoms with E-state index in [-0.39, 0.29) is 17.1 Å². The Kier molecular flexibility index (Phi) is 7.93. The molecule has 4 rings (SSSR count). The van der Waals surface area contributed by atoms with Gasteiger partial charge in [0, 0.05) is 21.8 Å². The summed E-state index contributed by atoms with van der Waals surface area (Å²) in [5.74, 6) is 0.0375. The van der Waals surface area contributed by atoms with Crippen LogP contribution in [0.2, 0.25) is 10.0 Å². The van der Waals surface area contributed by atoms with Crippen molar-refractivity contribution >= 4 is 79.5 Å². The van der Waals surface area contributed by atoms with Gasteiger partial charge < -0.3 is 15.4 Å². The molecule has 1 heterocycles. The van der Waals surface area contributed by atoms with Gasteiger partial charge in [0.1, 0.15) is 10.6 Å². The number of thiocarbonyl (C=S) groups is 1. The number of thiophene rings is 1. The highest BCUT2D eigenvalue weighted by Gasteiger charge is 2.20. The maximum atomic E-state index is 12.8. The fourth-order valence-corrected chi connectivity index (χ4v) is 5.78. The van der Waals surface area contributed by atoms with Crippen molar-refractivity contribution in [2.24, 2.45) is 0 Å². The summed E-state index contributed by atoms with van der Waals surface area (Å²) >= 11 is 19.3. The third kappa shape index (κ3) is 5.63. The Morgan fingerprint density at radius 2 is 1.82 bits per heavy atom. The summed E-state index contributed by atoms with van der Waals surface area (Å²) in [5, 5.41) is 10.2. The predicted octanol–water partition coefficient (Wildman–Crippen LogP) is 6.41. The van der Waals surface area contributed by atoms with Crippen LogP contribution in [-0.2, 0) is 0 Å². The molecule has 1 saturated carbocycles. The molecule has 2 aromatic carbocycles. The Balaban J connectivity index is 1.43. The van der Waals surface area contributed by atoms with Crippen LogP contribution in [0.1, 0.15) is 52.1 Å². The van der Waals surface area contributed by atoms with Crippen LogP contribution < -0.4 is 20.7 Å². The van der Waals surface area contributed by atoms with Gasteiger partial charge in [-0.1, -0.05) is 42.5 Å². The number of fused-ring (bicyclic) bond motifs is 1. The smallest absolute Gasteiger partial charge is 0.269 e. The first-order chi connectivity index (χ1) is 16.4. The second kappa shape index (κ2) is 10.9. The van der Waals surface area contributed by atoms with Crippen LogP contribution in [0.4, 0.5) is 5.69 Å². The highest BCUT2D eigenvalue weighted by atomic mass is 35.5. The molecule has 0 unspecified atom stereocenters. The molecule has 178 valence electrons. The summed E-state index contributed by atoms with van der Waals surface area (Å²) in [5.41, 5.74) is 0.892. The summed E-state index contributed by atoms with van der Waals surface area (Å²) in [6.45, 7) is 0. The lowest BCUT2D eigenvalue weighted by Crippen LogP contribution is -2.36. The van der Waals surface area contributed by atoms with Crippen LogP contribution in [0.5, 0.6) is 5.75 Å². The molecule has 0 atom stereocenters. The van der Waals surface area contributed by atoms with Gasteiger partial charge in [-0.2, -0.15) is 0 Å². The van der Waals surface area contributed by atoms with Gasteiger partial charge in [-0.15, -0.1) is 11.3 Å². The molecule has 34 heavy (non-hydrogen) atoms. The number of amides is 2. The molecule has 0 spiro atoms. The summed E-state index contributed by atoms with van der Waals surface area (Å²) in [7, 11) is 1.58. The maximum Gasteiger partial charge on any atom is 0.269 e. The van der Waals surface area contributed by atoms with Gasteiger partial charge in [0.25, 0.3) is 11.8 Å². The number of ether oxygens (including phenoxy) is 1. The molecular formula is C24H23Cl2N3O3S2. The number of anilines is 1. The number of benzene rings is 2. The average molecular weight is 537 g/mol. The number of nitrogens with one attached hydrogen (secondary N) is 3. The Morgan fingerprint density at radius 1 is 1.06 bits per heavy atom. The number of hydrogen-bond donors (Lipinski definition) is 3. The summed E-state index contributed by atoms with van der Waals surface area (Å²) in [6.07, 6.45) is 5.39. The van der Waals surface area contributed by atoms with Crippen LogP contribution in [-0.4, -0.2) is 30.1 Å². The van der Waals surface area contributed by atoms with E-state index in [2.05, 4.69) is 16.0 Å². The molecule has 1 aliphatic carbocycles. The molecule has 0 saturated heterocycles. The second-order valence-corrected chi connectivity index (χ2v) is 10.3. The van der Waals surface area contributed by atoms with Crippen molar-refractivity contribution in [1.29, 1.82) is 0 Å². The molecule has 1 aliphatic rings.